The van der Waals surface area contributed by atoms with Gasteiger partial charge in [-0.25, -0.2) is 0 Å². The van der Waals surface area contributed by atoms with Crippen molar-refractivity contribution in [2.24, 2.45) is 5.92 Å². The van der Waals surface area contributed by atoms with Gasteiger partial charge in [0.2, 0.25) is 0 Å². The van der Waals surface area contributed by atoms with E-state index < -0.39 is 0 Å². The summed E-state index contributed by atoms with van der Waals surface area (Å²) in [5.41, 5.74) is 0. The highest BCUT2D eigenvalue weighted by atomic mass is 79.9. The Morgan fingerprint density at radius 1 is 1.70 bits per heavy atom. The second-order valence-electron chi connectivity index (χ2n) is 2.97. The molecule has 0 aromatic rings. The van der Waals surface area contributed by atoms with Crippen LogP contribution in [0.4, 0.5) is 0 Å². The van der Waals surface area contributed by atoms with E-state index in [0.29, 0.717) is 5.92 Å². The van der Waals surface area contributed by atoms with Crippen LogP contribution in [0.2, 0.25) is 0 Å². The van der Waals surface area contributed by atoms with Crippen molar-refractivity contribution in [2.75, 3.05) is 0 Å². The minimum absolute atomic E-state index is 0.0172. The molecule has 58 valence electrons. The highest BCUT2D eigenvalue weighted by molar-refractivity contribution is 9.11. The molecule has 0 unspecified atom stereocenters. The summed E-state index contributed by atoms with van der Waals surface area (Å²) in [4.78, 5) is 0. The molecule has 1 nitrogen and oxygen atoms in total. The third kappa shape index (κ3) is 2.84. The summed E-state index contributed by atoms with van der Waals surface area (Å²) in [6.45, 7) is 3.75. The second-order valence-corrected chi connectivity index (χ2v) is 4.09. The van der Waals surface area contributed by atoms with Gasteiger partial charge in [0.05, 0.1) is 6.10 Å². The van der Waals surface area contributed by atoms with Gasteiger partial charge in [-0.15, -0.1) is 0 Å². The summed E-state index contributed by atoms with van der Waals surface area (Å²) in [6, 6.07) is 0. The molecule has 10 heavy (non-hydrogen) atoms. The van der Waals surface area contributed by atoms with Crippen LogP contribution in [0.3, 0.4) is 0 Å². The molecule has 0 saturated heterocycles. The molecule has 1 fully saturated rings. The van der Waals surface area contributed by atoms with Gasteiger partial charge in [-0.1, -0.05) is 22.5 Å². The van der Waals surface area contributed by atoms with Crippen molar-refractivity contribution in [2.45, 2.75) is 31.8 Å². The van der Waals surface area contributed by atoms with Crippen molar-refractivity contribution in [1.29, 1.82) is 0 Å². The largest absolute Gasteiger partial charge is 0.393 e. The SMILES string of the molecule is C=C(Br)CCC[C@@H]1C[C@H]1O. The highest BCUT2D eigenvalue weighted by Gasteiger charge is 2.33. The first kappa shape index (κ1) is 8.28. The summed E-state index contributed by atoms with van der Waals surface area (Å²) >= 11 is 3.30. The Morgan fingerprint density at radius 2 is 2.30 bits per heavy atom. The fourth-order valence-electron chi connectivity index (χ4n) is 1.10. The Hall–Kier alpha value is 0.180. The first-order valence-corrected chi connectivity index (χ1v) is 4.51. The van der Waals surface area contributed by atoms with E-state index in [2.05, 4.69) is 22.5 Å². The van der Waals surface area contributed by atoms with E-state index in [1.165, 1.54) is 0 Å². The molecule has 0 aliphatic heterocycles. The quantitative estimate of drug-likeness (QED) is 0.747. The molecule has 0 aromatic carbocycles. The zero-order chi connectivity index (χ0) is 7.56. The Kier molecular flexibility index (Phi) is 2.93. The van der Waals surface area contributed by atoms with Crippen molar-refractivity contribution in [3.63, 3.8) is 0 Å². The van der Waals surface area contributed by atoms with Crippen LogP contribution < -0.4 is 0 Å². The normalized spacial score (nSPS) is 30.2. The number of allylic oxidation sites excluding steroid dienone is 1. The molecule has 1 saturated carbocycles. The minimum Gasteiger partial charge on any atom is -0.393 e. The molecule has 0 heterocycles. The summed E-state index contributed by atoms with van der Waals surface area (Å²) in [7, 11) is 0. The van der Waals surface area contributed by atoms with Crippen LogP contribution in [0.5, 0.6) is 0 Å². The van der Waals surface area contributed by atoms with Crippen molar-refractivity contribution in [1.82, 2.24) is 0 Å². The number of hydrogen-bond acceptors (Lipinski definition) is 1. The van der Waals surface area contributed by atoms with Gasteiger partial charge in [-0.3, -0.25) is 0 Å². The van der Waals surface area contributed by atoms with Gasteiger partial charge >= 0.3 is 0 Å². The Balaban J connectivity index is 1.91. The minimum atomic E-state index is 0.0172. The Morgan fingerprint density at radius 3 is 2.70 bits per heavy atom. The molecule has 2 heteroatoms. The predicted molar refractivity (Wildman–Crippen MR) is 46.0 cm³/mol. The lowest BCUT2D eigenvalue weighted by molar-refractivity contribution is 0.256. The number of halogens is 1. The summed E-state index contributed by atoms with van der Waals surface area (Å²) in [6.07, 6.45) is 4.40. The predicted octanol–water partition coefficient (Wildman–Crippen LogP) is 2.45. The molecule has 1 N–H and O–H groups in total. The third-order valence-electron chi connectivity index (χ3n) is 1.91. The van der Waals surface area contributed by atoms with E-state index >= 15 is 0 Å². The summed E-state index contributed by atoms with van der Waals surface area (Å²) in [5.74, 6) is 0.604. The second kappa shape index (κ2) is 3.54. The molecule has 1 aliphatic rings. The average Bonchev–Trinajstić information content (AvgIpc) is 2.46. The van der Waals surface area contributed by atoms with Gasteiger partial charge < -0.3 is 5.11 Å². The third-order valence-corrected chi connectivity index (χ3v) is 2.30. The summed E-state index contributed by atoms with van der Waals surface area (Å²) < 4.78 is 1.07. The Bertz CT molecular complexity index is 133. The van der Waals surface area contributed by atoms with E-state index in [9.17, 15) is 0 Å². The molecule has 0 amide bonds. The number of aliphatic hydroxyl groups excluding tert-OH is 1. The number of aliphatic hydroxyl groups is 1. The van der Waals surface area contributed by atoms with E-state index in [0.717, 1.165) is 30.2 Å². The van der Waals surface area contributed by atoms with Crippen LogP contribution in [-0.2, 0) is 0 Å². The van der Waals surface area contributed by atoms with Gasteiger partial charge in [-0.05, 0) is 36.1 Å². The molecule has 0 spiro atoms. The average molecular weight is 205 g/mol. The smallest absolute Gasteiger partial charge is 0.0573 e. The first-order valence-electron chi connectivity index (χ1n) is 3.71. The fourth-order valence-corrected chi connectivity index (χ4v) is 1.38. The Labute approximate surface area is 70.3 Å². The fraction of sp³-hybridized carbons (Fsp3) is 0.750. The van der Waals surface area contributed by atoms with Crippen LogP contribution in [0, 0.1) is 5.92 Å². The van der Waals surface area contributed by atoms with E-state index in [1.54, 1.807) is 0 Å². The van der Waals surface area contributed by atoms with Crippen LogP contribution >= 0.6 is 15.9 Å². The lowest BCUT2D eigenvalue weighted by atomic mass is 10.2. The van der Waals surface area contributed by atoms with Crippen LogP contribution in [0.15, 0.2) is 11.1 Å². The van der Waals surface area contributed by atoms with Crippen LogP contribution in [0.1, 0.15) is 25.7 Å². The molecule has 2 atom stereocenters. The molecular formula is C8H13BrO. The maximum atomic E-state index is 8.96. The van der Waals surface area contributed by atoms with Crippen LogP contribution in [-0.4, -0.2) is 11.2 Å². The zero-order valence-corrected chi connectivity index (χ0v) is 7.60. The van der Waals surface area contributed by atoms with Gasteiger partial charge in [-0.2, -0.15) is 0 Å². The lowest BCUT2D eigenvalue weighted by Crippen LogP contribution is -1.85. The topological polar surface area (TPSA) is 20.2 Å². The molecule has 0 radical (unpaired) electrons. The maximum absolute atomic E-state index is 8.96. The van der Waals surface area contributed by atoms with E-state index in [-0.39, 0.29) is 6.10 Å². The van der Waals surface area contributed by atoms with Crippen molar-refractivity contribution < 1.29 is 5.11 Å². The number of rotatable bonds is 4. The van der Waals surface area contributed by atoms with Crippen molar-refractivity contribution in [3.8, 4) is 0 Å². The van der Waals surface area contributed by atoms with E-state index in [1.807, 2.05) is 0 Å². The number of hydrogen-bond donors (Lipinski definition) is 1. The molecule has 0 aromatic heterocycles. The molecule has 0 bridgehead atoms. The van der Waals surface area contributed by atoms with Crippen LogP contribution in [0.25, 0.3) is 0 Å². The summed E-state index contributed by atoms with van der Waals surface area (Å²) in [5, 5.41) is 8.96. The van der Waals surface area contributed by atoms with E-state index in [4.69, 9.17) is 5.11 Å². The van der Waals surface area contributed by atoms with Gasteiger partial charge in [0.25, 0.3) is 0 Å². The standard InChI is InChI=1S/C8H13BrO/c1-6(9)3-2-4-7-5-8(7)10/h7-8,10H,1-5H2/t7-,8-/m1/s1. The van der Waals surface area contributed by atoms with Gasteiger partial charge in [0, 0.05) is 0 Å². The zero-order valence-electron chi connectivity index (χ0n) is 6.02. The monoisotopic (exact) mass is 204 g/mol. The maximum Gasteiger partial charge on any atom is 0.0573 e. The van der Waals surface area contributed by atoms with Gasteiger partial charge in [0.1, 0.15) is 0 Å². The molecule has 1 aliphatic carbocycles. The lowest BCUT2D eigenvalue weighted by Gasteiger charge is -1.95. The molecular weight excluding hydrogens is 192 g/mol. The van der Waals surface area contributed by atoms with Crippen molar-refractivity contribution in [3.05, 3.63) is 11.1 Å². The van der Waals surface area contributed by atoms with Gasteiger partial charge in [0.15, 0.2) is 0 Å². The van der Waals surface area contributed by atoms with Crippen molar-refractivity contribution >= 4 is 15.9 Å². The highest BCUT2D eigenvalue weighted by Crippen LogP contribution is 2.35. The first-order chi connectivity index (χ1) is 4.70. The molecule has 1 rings (SSSR count).